The van der Waals surface area contributed by atoms with Crippen molar-refractivity contribution in [2.45, 2.75) is 26.8 Å². The molecule has 0 bridgehead atoms. The van der Waals surface area contributed by atoms with Gasteiger partial charge in [-0.05, 0) is 24.0 Å². The zero-order valence-electron chi connectivity index (χ0n) is 9.04. The molecule has 3 nitrogen and oxygen atoms in total. The fraction of sp³-hybridized carbons (Fsp3) is 0.417. The Bertz CT molecular complexity index is 385. The summed E-state index contributed by atoms with van der Waals surface area (Å²) in [5, 5.41) is 2.66. The minimum absolute atomic E-state index is 0.362. The molecule has 1 heterocycles. The first kappa shape index (κ1) is 10.0. The summed E-state index contributed by atoms with van der Waals surface area (Å²) in [5.41, 5.74) is 2.36. The van der Waals surface area contributed by atoms with Crippen LogP contribution in [0.2, 0.25) is 0 Å². The third-order valence-electron chi connectivity index (χ3n) is 2.39. The minimum Gasteiger partial charge on any atom is -0.410 e. The van der Waals surface area contributed by atoms with Gasteiger partial charge in [0.2, 0.25) is 0 Å². The number of rotatable bonds is 2. The molecule has 0 fully saturated rings. The molecule has 80 valence electrons. The Labute approximate surface area is 89.4 Å². The molecule has 1 amide bonds. The van der Waals surface area contributed by atoms with Gasteiger partial charge in [-0.15, -0.1) is 0 Å². The maximum atomic E-state index is 11.0. The lowest BCUT2D eigenvalue weighted by molar-refractivity contribution is 0.194. The van der Waals surface area contributed by atoms with Gasteiger partial charge in [-0.1, -0.05) is 26.0 Å². The third kappa shape index (κ3) is 2.29. The number of ether oxygens (including phenoxy) is 1. The monoisotopic (exact) mass is 205 g/mol. The first-order chi connectivity index (χ1) is 7.15. The summed E-state index contributed by atoms with van der Waals surface area (Å²) in [7, 11) is 0. The Balaban J connectivity index is 2.23. The Kier molecular flexibility index (Phi) is 2.62. The number of fused-ring (bicyclic) bond motifs is 1. The van der Waals surface area contributed by atoms with E-state index in [1.165, 1.54) is 5.56 Å². The van der Waals surface area contributed by atoms with Gasteiger partial charge in [-0.3, -0.25) is 0 Å². The van der Waals surface area contributed by atoms with Crippen molar-refractivity contribution < 1.29 is 9.53 Å². The van der Waals surface area contributed by atoms with Crippen LogP contribution in [0.1, 0.15) is 25.0 Å². The van der Waals surface area contributed by atoms with E-state index in [0.29, 0.717) is 18.2 Å². The molecule has 0 saturated carbocycles. The molecule has 0 unspecified atom stereocenters. The predicted molar refractivity (Wildman–Crippen MR) is 57.8 cm³/mol. The van der Waals surface area contributed by atoms with Crippen LogP contribution in [0.25, 0.3) is 0 Å². The number of hydrogen-bond donors (Lipinski definition) is 1. The van der Waals surface area contributed by atoms with Gasteiger partial charge in [0.25, 0.3) is 0 Å². The maximum absolute atomic E-state index is 11.0. The molecule has 0 aliphatic carbocycles. The van der Waals surface area contributed by atoms with Crippen LogP contribution in [-0.4, -0.2) is 6.09 Å². The summed E-state index contributed by atoms with van der Waals surface area (Å²) in [6.07, 6.45) is 0.695. The molecule has 0 spiro atoms. The number of carbonyl (C=O) groups excluding carboxylic acids is 1. The van der Waals surface area contributed by atoms with Crippen molar-refractivity contribution in [3.8, 4) is 5.75 Å². The lowest BCUT2D eigenvalue weighted by atomic mass is 10.0. The molecule has 0 radical (unpaired) electrons. The largest absolute Gasteiger partial charge is 0.412 e. The van der Waals surface area contributed by atoms with Gasteiger partial charge in [0.05, 0.1) is 0 Å². The van der Waals surface area contributed by atoms with Crippen molar-refractivity contribution >= 4 is 6.09 Å². The van der Waals surface area contributed by atoms with Gasteiger partial charge in [0.15, 0.2) is 0 Å². The maximum Gasteiger partial charge on any atom is 0.412 e. The van der Waals surface area contributed by atoms with Crippen molar-refractivity contribution in [1.29, 1.82) is 0 Å². The topological polar surface area (TPSA) is 38.3 Å². The van der Waals surface area contributed by atoms with Crippen LogP contribution < -0.4 is 10.1 Å². The molecular weight excluding hydrogens is 190 g/mol. The van der Waals surface area contributed by atoms with E-state index in [0.717, 1.165) is 12.0 Å². The van der Waals surface area contributed by atoms with E-state index in [9.17, 15) is 4.79 Å². The second kappa shape index (κ2) is 3.93. The standard InChI is InChI=1S/C12H15NO2/c1-8(2)5-9-3-4-11-10(6-9)7-13-12(14)15-11/h3-4,6,8H,5,7H2,1-2H3,(H,13,14). The quantitative estimate of drug-likeness (QED) is 0.805. The molecule has 2 rings (SSSR count). The number of amides is 1. The van der Waals surface area contributed by atoms with Gasteiger partial charge in [-0.2, -0.15) is 0 Å². The molecule has 0 atom stereocenters. The lowest BCUT2D eigenvalue weighted by Gasteiger charge is -2.18. The van der Waals surface area contributed by atoms with E-state index in [-0.39, 0.29) is 6.09 Å². The van der Waals surface area contributed by atoms with Crippen molar-refractivity contribution in [2.24, 2.45) is 5.92 Å². The first-order valence-corrected chi connectivity index (χ1v) is 5.22. The molecule has 1 aliphatic heterocycles. The van der Waals surface area contributed by atoms with Gasteiger partial charge in [-0.25, -0.2) is 4.79 Å². The zero-order valence-corrected chi connectivity index (χ0v) is 9.04. The van der Waals surface area contributed by atoms with Gasteiger partial charge < -0.3 is 10.1 Å². The Hall–Kier alpha value is -1.51. The van der Waals surface area contributed by atoms with Crippen LogP contribution in [0.4, 0.5) is 4.79 Å². The van der Waals surface area contributed by atoms with Crippen LogP contribution in [0, 0.1) is 5.92 Å². The molecule has 15 heavy (non-hydrogen) atoms. The lowest BCUT2D eigenvalue weighted by Crippen LogP contribution is -2.31. The van der Waals surface area contributed by atoms with E-state index in [2.05, 4.69) is 25.2 Å². The van der Waals surface area contributed by atoms with Crippen molar-refractivity contribution in [2.75, 3.05) is 0 Å². The Morgan fingerprint density at radius 3 is 3.00 bits per heavy atom. The minimum atomic E-state index is -0.362. The Morgan fingerprint density at radius 1 is 1.47 bits per heavy atom. The van der Waals surface area contributed by atoms with E-state index >= 15 is 0 Å². The molecule has 1 aromatic rings. The fourth-order valence-electron chi connectivity index (χ4n) is 1.77. The van der Waals surface area contributed by atoms with Gasteiger partial charge >= 0.3 is 6.09 Å². The molecule has 3 heteroatoms. The molecule has 1 aromatic carbocycles. The molecular formula is C12H15NO2. The second-order valence-corrected chi connectivity index (χ2v) is 4.28. The van der Waals surface area contributed by atoms with Crippen molar-refractivity contribution in [3.05, 3.63) is 29.3 Å². The number of hydrogen-bond acceptors (Lipinski definition) is 2. The second-order valence-electron chi connectivity index (χ2n) is 4.28. The van der Waals surface area contributed by atoms with E-state index in [4.69, 9.17) is 4.74 Å². The smallest absolute Gasteiger partial charge is 0.410 e. The highest BCUT2D eigenvalue weighted by atomic mass is 16.6. The molecule has 1 N–H and O–H groups in total. The molecule has 0 saturated heterocycles. The van der Waals surface area contributed by atoms with Gasteiger partial charge in [0.1, 0.15) is 5.75 Å². The summed E-state index contributed by atoms with van der Waals surface area (Å²) < 4.78 is 5.04. The van der Waals surface area contributed by atoms with E-state index in [1.807, 2.05) is 12.1 Å². The van der Waals surface area contributed by atoms with Gasteiger partial charge in [0, 0.05) is 12.1 Å². The van der Waals surface area contributed by atoms with Crippen molar-refractivity contribution in [3.63, 3.8) is 0 Å². The SMILES string of the molecule is CC(C)Cc1ccc2c(c1)CNC(=O)O2. The Morgan fingerprint density at radius 2 is 2.27 bits per heavy atom. The zero-order chi connectivity index (χ0) is 10.8. The molecule has 0 aromatic heterocycles. The number of benzene rings is 1. The van der Waals surface area contributed by atoms with Crippen LogP contribution in [0.5, 0.6) is 5.75 Å². The summed E-state index contributed by atoms with van der Waals surface area (Å²) in [5.74, 6) is 1.33. The van der Waals surface area contributed by atoms with Crippen LogP contribution in [0.3, 0.4) is 0 Å². The van der Waals surface area contributed by atoms with Crippen molar-refractivity contribution in [1.82, 2.24) is 5.32 Å². The summed E-state index contributed by atoms with van der Waals surface area (Å²) >= 11 is 0. The number of carbonyl (C=O) groups is 1. The van der Waals surface area contributed by atoms with E-state index < -0.39 is 0 Å². The normalized spacial score (nSPS) is 14.5. The average Bonchev–Trinajstić information content (AvgIpc) is 2.17. The summed E-state index contributed by atoms with van der Waals surface area (Å²) in [6.45, 7) is 4.95. The summed E-state index contributed by atoms with van der Waals surface area (Å²) in [6, 6.07) is 6.01. The first-order valence-electron chi connectivity index (χ1n) is 5.22. The third-order valence-corrected chi connectivity index (χ3v) is 2.39. The number of nitrogens with one attached hydrogen (secondary N) is 1. The predicted octanol–water partition coefficient (Wildman–Crippen LogP) is 2.49. The fourth-order valence-corrected chi connectivity index (χ4v) is 1.77. The highest BCUT2D eigenvalue weighted by Gasteiger charge is 2.16. The highest BCUT2D eigenvalue weighted by Crippen LogP contribution is 2.24. The average molecular weight is 205 g/mol. The molecule has 1 aliphatic rings. The summed E-state index contributed by atoms with van der Waals surface area (Å²) in [4.78, 5) is 11.0. The van der Waals surface area contributed by atoms with Crippen LogP contribution in [0.15, 0.2) is 18.2 Å². The van der Waals surface area contributed by atoms with Crippen LogP contribution >= 0.6 is 0 Å². The van der Waals surface area contributed by atoms with E-state index in [1.54, 1.807) is 0 Å². The highest BCUT2D eigenvalue weighted by molar-refractivity contribution is 5.73. The van der Waals surface area contributed by atoms with Crippen LogP contribution in [-0.2, 0) is 13.0 Å².